The van der Waals surface area contributed by atoms with Crippen molar-refractivity contribution >= 4 is 11.6 Å². The molecule has 0 atom stereocenters. The fourth-order valence-electron chi connectivity index (χ4n) is 1.59. The Bertz CT molecular complexity index is 718. The van der Waals surface area contributed by atoms with Crippen molar-refractivity contribution in [1.82, 2.24) is 4.98 Å². The lowest BCUT2D eigenvalue weighted by atomic mass is 10.1. The second-order valence-electron chi connectivity index (χ2n) is 3.95. The number of carbonyl (C=O) groups is 1. The minimum atomic E-state index is -0.316. The standard InChI is InChI=1S/C15H13N3O2/c16-9-3-5-11-4-1-2-6-13(11)18-15(20)12-7-8-14(19)17-10-12/h1-2,4,6-8,10H,9,16H2,(H,17,19)(H,18,20). The van der Waals surface area contributed by atoms with E-state index in [4.69, 9.17) is 5.73 Å². The number of nitrogens with two attached hydrogens (primary N) is 1. The van der Waals surface area contributed by atoms with Crippen LogP contribution in [0.25, 0.3) is 0 Å². The Morgan fingerprint density at radius 2 is 2.05 bits per heavy atom. The van der Waals surface area contributed by atoms with E-state index >= 15 is 0 Å². The molecular formula is C15H13N3O2. The van der Waals surface area contributed by atoms with Gasteiger partial charge in [0.1, 0.15) is 0 Å². The Kier molecular flexibility index (Phi) is 4.32. The van der Waals surface area contributed by atoms with E-state index in [0.29, 0.717) is 16.8 Å². The minimum Gasteiger partial charge on any atom is -0.328 e. The summed E-state index contributed by atoms with van der Waals surface area (Å²) in [6.07, 6.45) is 1.37. The number of aromatic nitrogens is 1. The molecule has 1 heterocycles. The number of H-pyrrole nitrogens is 1. The first-order valence-corrected chi connectivity index (χ1v) is 5.99. The van der Waals surface area contributed by atoms with E-state index in [1.165, 1.54) is 18.3 Å². The third-order valence-electron chi connectivity index (χ3n) is 2.55. The average Bonchev–Trinajstić information content (AvgIpc) is 2.47. The molecule has 0 spiro atoms. The van der Waals surface area contributed by atoms with E-state index in [-0.39, 0.29) is 18.0 Å². The summed E-state index contributed by atoms with van der Waals surface area (Å²) in [7, 11) is 0. The molecular weight excluding hydrogens is 254 g/mol. The molecule has 1 aromatic heterocycles. The summed E-state index contributed by atoms with van der Waals surface area (Å²) >= 11 is 0. The smallest absolute Gasteiger partial charge is 0.257 e. The van der Waals surface area contributed by atoms with E-state index in [0.717, 1.165) is 0 Å². The van der Waals surface area contributed by atoms with Gasteiger partial charge in [0.2, 0.25) is 5.56 Å². The van der Waals surface area contributed by atoms with Crippen LogP contribution in [0.2, 0.25) is 0 Å². The number of benzene rings is 1. The van der Waals surface area contributed by atoms with Gasteiger partial charge in [0.05, 0.1) is 17.8 Å². The highest BCUT2D eigenvalue weighted by atomic mass is 16.1. The molecule has 5 heteroatoms. The van der Waals surface area contributed by atoms with Crippen molar-refractivity contribution in [2.24, 2.45) is 5.73 Å². The maximum absolute atomic E-state index is 12.0. The number of nitrogens with one attached hydrogen (secondary N) is 2. The van der Waals surface area contributed by atoms with Crippen molar-refractivity contribution in [2.45, 2.75) is 0 Å². The largest absolute Gasteiger partial charge is 0.328 e. The number of rotatable bonds is 2. The zero-order valence-electron chi connectivity index (χ0n) is 10.6. The van der Waals surface area contributed by atoms with Crippen LogP contribution in [0.4, 0.5) is 5.69 Å². The van der Waals surface area contributed by atoms with E-state index < -0.39 is 0 Å². The fraction of sp³-hybridized carbons (Fsp3) is 0.0667. The Hall–Kier alpha value is -2.84. The van der Waals surface area contributed by atoms with Gasteiger partial charge in [-0.05, 0) is 18.2 Å². The number of amides is 1. The van der Waals surface area contributed by atoms with Gasteiger partial charge in [-0.2, -0.15) is 0 Å². The van der Waals surface area contributed by atoms with Gasteiger partial charge in [-0.15, -0.1) is 0 Å². The van der Waals surface area contributed by atoms with Crippen LogP contribution >= 0.6 is 0 Å². The van der Waals surface area contributed by atoms with Gasteiger partial charge in [0.15, 0.2) is 0 Å². The summed E-state index contributed by atoms with van der Waals surface area (Å²) in [5.74, 6) is 5.32. The molecule has 20 heavy (non-hydrogen) atoms. The van der Waals surface area contributed by atoms with E-state index in [2.05, 4.69) is 22.1 Å². The van der Waals surface area contributed by atoms with Crippen LogP contribution in [-0.4, -0.2) is 17.4 Å². The maximum atomic E-state index is 12.0. The molecule has 0 saturated carbocycles. The molecule has 0 aliphatic rings. The number of anilines is 1. The second kappa shape index (κ2) is 6.36. The van der Waals surface area contributed by atoms with Crippen molar-refractivity contribution in [3.05, 3.63) is 64.1 Å². The van der Waals surface area contributed by atoms with Crippen LogP contribution in [-0.2, 0) is 0 Å². The molecule has 1 aromatic carbocycles. The molecule has 0 radical (unpaired) electrons. The van der Waals surface area contributed by atoms with Gasteiger partial charge >= 0.3 is 0 Å². The fourth-order valence-corrected chi connectivity index (χ4v) is 1.59. The molecule has 0 fully saturated rings. The zero-order chi connectivity index (χ0) is 14.4. The van der Waals surface area contributed by atoms with Gasteiger partial charge in [0.25, 0.3) is 5.91 Å². The van der Waals surface area contributed by atoms with Crippen LogP contribution in [0.3, 0.4) is 0 Å². The molecule has 4 N–H and O–H groups in total. The number of para-hydroxylation sites is 1. The highest BCUT2D eigenvalue weighted by Gasteiger charge is 2.07. The third-order valence-corrected chi connectivity index (χ3v) is 2.55. The molecule has 0 saturated heterocycles. The zero-order valence-corrected chi connectivity index (χ0v) is 10.6. The lowest BCUT2D eigenvalue weighted by Crippen LogP contribution is -2.15. The average molecular weight is 267 g/mol. The summed E-state index contributed by atoms with van der Waals surface area (Å²) in [5.41, 5.74) is 6.74. The van der Waals surface area contributed by atoms with Gasteiger partial charge in [-0.3, -0.25) is 9.59 Å². The van der Waals surface area contributed by atoms with Crippen molar-refractivity contribution in [2.75, 3.05) is 11.9 Å². The normalized spacial score (nSPS) is 9.45. The second-order valence-corrected chi connectivity index (χ2v) is 3.95. The van der Waals surface area contributed by atoms with Crippen LogP contribution in [0.5, 0.6) is 0 Å². The van der Waals surface area contributed by atoms with Crippen LogP contribution < -0.4 is 16.6 Å². The molecule has 100 valence electrons. The Morgan fingerprint density at radius 1 is 1.25 bits per heavy atom. The van der Waals surface area contributed by atoms with Gasteiger partial charge in [-0.1, -0.05) is 24.0 Å². The topological polar surface area (TPSA) is 88.0 Å². The van der Waals surface area contributed by atoms with Gasteiger partial charge in [-0.25, -0.2) is 0 Å². The van der Waals surface area contributed by atoms with Crippen molar-refractivity contribution in [1.29, 1.82) is 0 Å². The van der Waals surface area contributed by atoms with E-state index in [1.807, 2.05) is 6.07 Å². The Morgan fingerprint density at radius 3 is 2.75 bits per heavy atom. The molecule has 2 aromatic rings. The molecule has 5 nitrogen and oxygen atoms in total. The monoisotopic (exact) mass is 267 g/mol. The molecule has 0 bridgehead atoms. The van der Waals surface area contributed by atoms with Crippen molar-refractivity contribution < 1.29 is 4.79 Å². The van der Waals surface area contributed by atoms with Gasteiger partial charge in [0, 0.05) is 17.8 Å². The quantitative estimate of drug-likeness (QED) is 0.707. The minimum absolute atomic E-state index is 0.252. The highest BCUT2D eigenvalue weighted by Crippen LogP contribution is 2.14. The van der Waals surface area contributed by atoms with Crippen LogP contribution in [0.15, 0.2) is 47.4 Å². The molecule has 0 aliphatic carbocycles. The molecule has 0 unspecified atom stereocenters. The molecule has 2 rings (SSSR count). The molecule has 0 aliphatic heterocycles. The van der Waals surface area contributed by atoms with Crippen molar-refractivity contribution in [3.8, 4) is 11.8 Å². The maximum Gasteiger partial charge on any atom is 0.257 e. The lowest BCUT2D eigenvalue weighted by Gasteiger charge is -2.07. The van der Waals surface area contributed by atoms with Crippen molar-refractivity contribution in [3.63, 3.8) is 0 Å². The van der Waals surface area contributed by atoms with E-state index in [1.54, 1.807) is 18.2 Å². The summed E-state index contributed by atoms with van der Waals surface area (Å²) in [4.78, 5) is 25.5. The summed E-state index contributed by atoms with van der Waals surface area (Å²) in [6.45, 7) is 0.252. The highest BCUT2D eigenvalue weighted by molar-refractivity contribution is 6.04. The SMILES string of the molecule is NCC#Cc1ccccc1NC(=O)c1ccc(=O)[nH]c1. The summed E-state index contributed by atoms with van der Waals surface area (Å²) in [6, 6.07) is 9.94. The number of aromatic amines is 1. The predicted molar refractivity (Wildman–Crippen MR) is 77.4 cm³/mol. The number of carbonyl (C=O) groups excluding carboxylic acids is 1. The Labute approximate surface area is 115 Å². The van der Waals surface area contributed by atoms with Gasteiger partial charge < -0.3 is 16.0 Å². The van der Waals surface area contributed by atoms with Crippen LogP contribution in [0.1, 0.15) is 15.9 Å². The third kappa shape index (κ3) is 3.34. The first-order valence-electron chi connectivity index (χ1n) is 5.99. The first kappa shape index (κ1) is 13.6. The Balaban J connectivity index is 2.23. The number of hydrogen-bond donors (Lipinski definition) is 3. The summed E-state index contributed by atoms with van der Waals surface area (Å²) in [5, 5.41) is 2.75. The number of pyridine rings is 1. The lowest BCUT2D eigenvalue weighted by molar-refractivity contribution is 0.102. The molecule has 1 amide bonds. The van der Waals surface area contributed by atoms with Crippen LogP contribution in [0, 0.1) is 11.8 Å². The predicted octanol–water partition coefficient (Wildman–Crippen LogP) is 0.937. The number of hydrogen-bond acceptors (Lipinski definition) is 3. The first-order chi connectivity index (χ1) is 9.70. The summed E-state index contributed by atoms with van der Waals surface area (Å²) < 4.78 is 0. The van der Waals surface area contributed by atoms with E-state index in [9.17, 15) is 9.59 Å².